The van der Waals surface area contributed by atoms with E-state index in [9.17, 15) is 60.0 Å². The molecule has 14 aromatic carbocycles. The molecule has 26 heteroatoms. The third kappa shape index (κ3) is 47.8. The molecule has 0 saturated carbocycles. The minimum Gasteiger partial charge on any atom is -0.366 e. The average Bonchev–Trinajstić information content (AvgIpc) is 0.704. The van der Waals surface area contributed by atoms with Crippen molar-refractivity contribution < 1.29 is 149 Å². The molecule has 0 aliphatic rings. The van der Waals surface area contributed by atoms with Crippen LogP contribution in [0.15, 0.2) is 413 Å². The first-order chi connectivity index (χ1) is 56.9. The maximum absolute atomic E-state index is 10.7. The molecule has 660 valence electrons. The van der Waals surface area contributed by atoms with E-state index in [0.717, 1.165) is 11.1 Å². The van der Waals surface area contributed by atoms with Crippen LogP contribution in [-0.4, -0.2) is 35.2 Å². The van der Waals surface area contributed by atoms with Gasteiger partial charge in [0.25, 0.3) is 0 Å². The topological polar surface area (TPSA) is 34.1 Å². The van der Waals surface area contributed by atoms with Crippen LogP contribution in [0.3, 0.4) is 0 Å². The van der Waals surface area contributed by atoms with Crippen LogP contribution in [0.4, 0.5) is 50.4 Å². The Morgan fingerprint density at radius 1 is 0.218 bits per heavy atom. The molecule has 0 atom stereocenters. The average molecular weight is 2560 g/mol. The van der Waals surface area contributed by atoms with E-state index in [1.807, 2.05) is 84.9 Å². The van der Waals surface area contributed by atoms with E-state index in [-0.39, 0.29) is 117 Å². The van der Waals surface area contributed by atoms with Gasteiger partial charge < -0.3 is 22.4 Å². The minimum absolute atomic E-state index is 0. The van der Waals surface area contributed by atoms with Gasteiger partial charge in [-0.3, -0.25) is 11.8 Å². The molecule has 124 heavy (non-hydrogen) atoms. The Kier molecular flexibility index (Phi) is 48.3. The molecule has 0 fully saturated rings. The summed E-state index contributed by atoms with van der Waals surface area (Å²) in [4.78, 5) is 18.9. The molecule has 0 aliphatic heterocycles. The third-order valence-corrected chi connectivity index (χ3v) is 35.7. The van der Waals surface area contributed by atoms with E-state index in [1.165, 1.54) is 127 Å². The van der Waals surface area contributed by atoms with Gasteiger partial charge in [-0.05, 0) is 135 Å². The predicted molar refractivity (Wildman–Crippen MR) is 498 cm³/mol. The number of carbonyl (C=O) groups is 2. The summed E-state index contributed by atoms with van der Waals surface area (Å²) in [6, 6.07) is 148. The molecule has 0 radical (unpaired) electrons. The monoisotopic (exact) mass is 2560 g/mol. The van der Waals surface area contributed by atoms with E-state index < -0.39 is 47.3 Å². The molecule has 0 spiro atoms. The summed E-state index contributed by atoms with van der Waals surface area (Å²) in [5.41, 5.74) is 6.36. The largest absolute Gasteiger partial charge is 1.00 e. The van der Waals surface area contributed by atoms with Crippen molar-refractivity contribution in [2.75, 3.05) is 23.6 Å². The molecular formula is C98H88Au4F12O2P8. The first kappa shape index (κ1) is 111. The molecule has 0 unspecified atom stereocenters. The van der Waals surface area contributed by atoms with Crippen molar-refractivity contribution in [1.82, 2.24) is 0 Å². The fourth-order valence-corrected chi connectivity index (χ4v) is 33.5. The second-order valence-corrected chi connectivity index (χ2v) is 45.7. The molecule has 2 nitrogen and oxygen atoms in total. The number of benzene rings is 14. The van der Waals surface area contributed by atoms with Crippen LogP contribution in [0.25, 0.3) is 22.3 Å². The molecule has 0 heterocycles. The number of carbonyl (C=O) groups excluding carboxylic acids is 2. The Labute approximate surface area is 791 Å². The van der Waals surface area contributed by atoms with Crippen LogP contribution in [0.1, 0.15) is 38.8 Å². The van der Waals surface area contributed by atoms with E-state index in [0.29, 0.717) is 0 Å². The van der Waals surface area contributed by atoms with Crippen molar-refractivity contribution in [2.24, 2.45) is 0 Å². The number of hydrogen-bond donors (Lipinski definition) is 0. The summed E-state index contributed by atoms with van der Waals surface area (Å²) in [6.45, 7) is 6.11. The molecule has 0 amide bonds. The number of Topliss-reactive ketones (excluding diaryl/α,β-unsaturated/α-hetero) is 2. The summed E-state index contributed by atoms with van der Waals surface area (Å²) >= 11 is 0. The van der Waals surface area contributed by atoms with Crippen LogP contribution < -0.4 is 53.0 Å². The summed E-state index contributed by atoms with van der Waals surface area (Å²) < 4.78 is 118. The number of hydrogen-bond acceptors (Lipinski definition) is 2. The van der Waals surface area contributed by atoms with Crippen molar-refractivity contribution in [3.63, 3.8) is 0 Å². The van der Waals surface area contributed by atoms with E-state index in [2.05, 4.69) is 339 Å². The molecule has 0 bridgehead atoms. The van der Waals surface area contributed by atoms with Gasteiger partial charge in [-0.15, -0.1) is 35.4 Å². The van der Waals surface area contributed by atoms with Gasteiger partial charge in [0.2, 0.25) is 0 Å². The van der Waals surface area contributed by atoms with Crippen molar-refractivity contribution in [3.05, 3.63) is 436 Å². The van der Waals surface area contributed by atoms with Gasteiger partial charge in [0.05, 0.1) is 0 Å². The van der Waals surface area contributed by atoms with Crippen LogP contribution in [0.2, 0.25) is 0 Å². The SMILES string of the molecule is CC(C)=O.CC(C)=O.F[P-](F)(F)(F)(F)F.F[P-](F)(F)(F)(F)F.[Au+].[Au+].[Au+].[Au+].[C-]#Cc1ccc(-c2ccccc2)cc1.[C-]#Cc1ccc(-c2ccccc2)cc1.c1ccc(P(CP(c2ccccc2)c2ccccc2)CP(c2ccccc2)c2ccccc2)cc1.c1ccc(P(CP(c2ccccc2)c2ccccc2)CP(c2ccccc2)c2ccccc2)cc1. The maximum atomic E-state index is 9.87. The molecule has 14 rings (SSSR count). The summed E-state index contributed by atoms with van der Waals surface area (Å²) in [6.07, 6.45) is 13.9. The van der Waals surface area contributed by atoms with Gasteiger partial charge >= 0.3 is 156 Å². The maximum Gasteiger partial charge on any atom is 1.00 e. The van der Waals surface area contributed by atoms with Crippen LogP contribution >= 0.6 is 63.1 Å². The zero-order valence-electron chi connectivity index (χ0n) is 67.2. The van der Waals surface area contributed by atoms with Crippen molar-refractivity contribution in [3.8, 4) is 34.1 Å². The normalized spacial score (nSPS) is 11.5. The van der Waals surface area contributed by atoms with Gasteiger partial charge in [0.15, 0.2) is 0 Å². The van der Waals surface area contributed by atoms with Crippen LogP contribution in [-0.2, 0) is 99.1 Å². The number of rotatable bonds is 20. The van der Waals surface area contributed by atoms with E-state index in [1.54, 1.807) is 0 Å². The first-order valence-electron chi connectivity index (χ1n) is 37.3. The van der Waals surface area contributed by atoms with E-state index >= 15 is 0 Å². The summed E-state index contributed by atoms with van der Waals surface area (Å²) in [5.74, 6) is 9.88. The van der Waals surface area contributed by atoms with Crippen molar-refractivity contribution in [1.29, 1.82) is 0 Å². The predicted octanol–water partition coefficient (Wildman–Crippen LogP) is 28.5. The Morgan fingerprint density at radius 2 is 0.331 bits per heavy atom. The zero-order valence-corrected chi connectivity index (χ0v) is 83.0. The molecule has 0 aliphatic carbocycles. The molecular weight excluding hydrogens is 2470 g/mol. The third-order valence-electron chi connectivity index (χ3n) is 16.3. The van der Waals surface area contributed by atoms with Gasteiger partial charge in [-0.25, -0.2) is 0 Å². The Bertz CT molecular complexity index is 4710. The van der Waals surface area contributed by atoms with Crippen molar-refractivity contribution >= 4 is 128 Å². The standard InChI is InChI=1S/2C32H29P3.2C14H9.2C3H6O.4Au.2F6P/c2*1-6-16-28(17-7-1)33(26-34(29-18-8-2-9-19-29)30-20-10-3-11-21-30)27-35(31-22-12-4-13-23-31)32-24-14-5-15-25-32;2*1-2-12-8-10-14(11-9-12)13-6-4-3-5-7-13;2*1-3(2)4;;;;;2*1-7(2,3,4,5)6/h2*1-25H,26-27H2;2*3-11H;2*1-2H3;;;;;;/q;;2*-1;;;4*+1;2*-1. The summed E-state index contributed by atoms with van der Waals surface area (Å²) in [5, 5.41) is 14.8. The van der Waals surface area contributed by atoms with Gasteiger partial charge in [0.1, 0.15) is 11.6 Å². The van der Waals surface area contributed by atoms with Gasteiger partial charge in [0, 0.05) is 23.6 Å². The van der Waals surface area contributed by atoms with E-state index in [4.69, 9.17) is 12.8 Å². The minimum atomic E-state index is -10.7. The second kappa shape index (κ2) is 53.8. The van der Waals surface area contributed by atoms with Crippen molar-refractivity contribution in [2.45, 2.75) is 27.7 Å². The smallest absolute Gasteiger partial charge is 0.366 e. The Morgan fingerprint density at radius 3 is 0.460 bits per heavy atom. The second-order valence-electron chi connectivity index (χ2n) is 26.6. The Hall–Kier alpha value is -6.90. The number of halogens is 12. The molecule has 14 aromatic rings. The quantitative estimate of drug-likeness (QED) is 0.0251. The van der Waals surface area contributed by atoms with Crippen LogP contribution in [0.5, 0.6) is 0 Å². The van der Waals surface area contributed by atoms with Gasteiger partial charge in [-0.2, -0.15) is 0 Å². The molecule has 0 saturated heterocycles. The Balaban J connectivity index is 0.000000410. The molecule has 0 aromatic heterocycles. The fraction of sp³-hybridized carbons (Fsp3) is 0.0816. The fourth-order valence-electron chi connectivity index (χ4n) is 11.2. The molecule has 0 N–H and O–H groups in total. The summed E-state index contributed by atoms with van der Waals surface area (Å²) in [7, 11) is -23.8. The van der Waals surface area contributed by atoms with Gasteiger partial charge in [-0.1, -0.05) is 404 Å². The van der Waals surface area contributed by atoms with Crippen LogP contribution in [0, 0.1) is 24.7 Å². The zero-order chi connectivity index (χ0) is 87.0. The number of ketones is 2. The first-order valence-corrected chi connectivity index (χ1v) is 50.9.